The number of aryl methyl sites for hydroxylation is 1. The fraction of sp³-hybridized carbons (Fsp3) is 0.0909. The van der Waals surface area contributed by atoms with Crippen molar-refractivity contribution in [3.63, 3.8) is 0 Å². The molecule has 0 aliphatic carbocycles. The largest absolute Gasteiger partial charge is 0.478 e. The molecule has 0 unspecified atom stereocenters. The third-order valence-electron chi connectivity index (χ3n) is 2.53. The molecule has 0 saturated carbocycles. The average molecular weight is 299 g/mol. The number of rotatable bonds is 4. The van der Waals surface area contributed by atoms with Gasteiger partial charge < -0.3 is 5.11 Å². The Hall–Kier alpha value is -2.42. The molecule has 0 atom stereocenters. The third kappa shape index (κ3) is 2.62. The lowest BCUT2D eigenvalue weighted by atomic mass is 10.2. The SMILES string of the molecule is Cn1nccc1NS(=O)(=O)c1cc(C(=O)O)ccc1F. The van der Waals surface area contributed by atoms with Crippen LogP contribution < -0.4 is 4.72 Å². The van der Waals surface area contributed by atoms with E-state index in [1.54, 1.807) is 0 Å². The van der Waals surface area contributed by atoms with Crippen LogP contribution in [-0.2, 0) is 17.1 Å². The fourth-order valence-electron chi connectivity index (χ4n) is 1.51. The molecule has 1 heterocycles. The number of hydrogen-bond donors (Lipinski definition) is 2. The van der Waals surface area contributed by atoms with Crippen LogP contribution in [0, 0.1) is 5.82 Å². The van der Waals surface area contributed by atoms with Gasteiger partial charge >= 0.3 is 5.97 Å². The molecule has 1 aromatic heterocycles. The van der Waals surface area contributed by atoms with Gasteiger partial charge in [0.05, 0.1) is 11.8 Å². The van der Waals surface area contributed by atoms with Gasteiger partial charge in [-0.2, -0.15) is 5.10 Å². The quantitative estimate of drug-likeness (QED) is 0.879. The second kappa shape index (κ2) is 4.93. The van der Waals surface area contributed by atoms with E-state index in [0.29, 0.717) is 0 Å². The summed E-state index contributed by atoms with van der Waals surface area (Å²) in [5, 5.41) is 12.6. The molecule has 0 aliphatic heterocycles. The van der Waals surface area contributed by atoms with Gasteiger partial charge in [-0.25, -0.2) is 17.6 Å². The molecule has 1 aromatic carbocycles. The number of hydrogen-bond acceptors (Lipinski definition) is 4. The predicted octanol–water partition coefficient (Wildman–Crippen LogP) is 1.06. The minimum absolute atomic E-state index is 0.130. The summed E-state index contributed by atoms with van der Waals surface area (Å²) >= 11 is 0. The number of halogens is 1. The minimum Gasteiger partial charge on any atom is -0.478 e. The molecule has 0 spiro atoms. The van der Waals surface area contributed by atoms with Gasteiger partial charge in [-0.05, 0) is 18.2 Å². The standard InChI is InChI=1S/C11H10FN3O4S/c1-15-10(4-5-13-15)14-20(18,19)9-6-7(11(16)17)2-3-8(9)12/h2-6,14H,1H3,(H,16,17). The molecule has 106 valence electrons. The van der Waals surface area contributed by atoms with Crippen LogP contribution in [0.5, 0.6) is 0 Å². The zero-order chi connectivity index (χ0) is 14.9. The highest BCUT2D eigenvalue weighted by Crippen LogP contribution is 2.20. The monoisotopic (exact) mass is 299 g/mol. The van der Waals surface area contributed by atoms with E-state index in [0.717, 1.165) is 18.2 Å². The van der Waals surface area contributed by atoms with Crippen LogP contribution in [0.2, 0.25) is 0 Å². The van der Waals surface area contributed by atoms with E-state index in [2.05, 4.69) is 9.82 Å². The number of sulfonamides is 1. The van der Waals surface area contributed by atoms with Gasteiger partial charge in [-0.15, -0.1) is 0 Å². The van der Waals surface area contributed by atoms with Gasteiger partial charge in [-0.1, -0.05) is 0 Å². The van der Waals surface area contributed by atoms with E-state index in [1.807, 2.05) is 0 Å². The Balaban J connectivity index is 2.46. The Labute approximate surface area is 113 Å². The predicted molar refractivity (Wildman–Crippen MR) is 67.4 cm³/mol. The van der Waals surface area contributed by atoms with Crippen molar-refractivity contribution in [3.8, 4) is 0 Å². The van der Waals surface area contributed by atoms with Crippen molar-refractivity contribution in [1.29, 1.82) is 0 Å². The lowest BCUT2D eigenvalue weighted by Crippen LogP contribution is -2.17. The van der Waals surface area contributed by atoms with Crippen LogP contribution in [0.4, 0.5) is 10.2 Å². The zero-order valence-electron chi connectivity index (χ0n) is 10.2. The number of anilines is 1. The number of carbonyl (C=O) groups is 1. The van der Waals surface area contributed by atoms with E-state index in [4.69, 9.17) is 5.11 Å². The molecule has 20 heavy (non-hydrogen) atoms. The second-order valence-electron chi connectivity index (χ2n) is 3.90. The molecule has 0 fully saturated rings. The van der Waals surface area contributed by atoms with Crippen molar-refractivity contribution in [2.75, 3.05) is 4.72 Å². The number of benzene rings is 1. The van der Waals surface area contributed by atoms with Gasteiger partial charge in [-0.3, -0.25) is 9.40 Å². The summed E-state index contributed by atoms with van der Waals surface area (Å²) in [6.07, 6.45) is 1.36. The summed E-state index contributed by atoms with van der Waals surface area (Å²) in [5.74, 6) is -2.25. The normalized spacial score (nSPS) is 11.3. The summed E-state index contributed by atoms with van der Waals surface area (Å²) in [6, 6.07) is 3.93. The van der Waals surface area contributed by atoms with E-state index >= 15 is 0 Å². The first kappa shape index (κ1) is 14.0. The first-order chi connectivity index (χ1) is 9.31. The molecular formula is C11H10FN3O4S. The first-order valence-electron chi connectivity index (χ1n) is 5.35. The maximum Gasteiger partial charge on any atom is 0.335 e. The van der Waals surface area contributed by atoms with Crippen LogP contribution in [0.25, 0.3) is 0 Å². The molecule has 0 radical (unpaired) electrons. The number of carboxylic acids is 1. The van der Waals surface area contributed by atoms with Crippen molar-refractivity contribution < 1.29 is 22.7 Å². The van der Waals surface area contributed by atoms with Crippen LogP contribution in [0.15, 0.2) is 35.4 Å². The highest BCUT2D eigenvalue weighted by Gasteiger charge is 2.22. The van der Waals surface area contributed by atoms with E-state index in [9.17, 15) is 17.6 Å². The Morgan fingerprint density at radius 3 is 2.65 bits per heavy atom. The number of nitrogens with one attached hydrogen (secondary N) is 1. The van der Waals surface area contributed by atoms with Crippen molar-refractivity contribution in [1.82, 2.24) is 9.78 Å². The average Bonchev–Trinajstić information content (AvgIpc) is 2.74. The van der Waals surface area contributed by atoms with Crippen molar-refractivity contribution in [3.05, 3.63) is 41.8 Å². The summed E-state index contributed by atoms with van der Waals surface area (Å²) < 4.78 is 41.1. The third-order valence-corrected chi connectivity index (χ3v) is 3.90. The molecular weight excluding hydrogens is 289 g/mol. The van der Waals surface area contributed by atoms with Gasteiger partial charge in [0, 0.05) is 13.1 Å². The van der Waals surface area contributed by atoms with Gasteiger partial charge in [0.15, 0.2) is 0 Å². The lowest BCUT2D eigenvalue weighted by molar-refractivity contribution is 0.0696. The number of aromatic nitrogens is 2. The molecule has 2 N–H and O–H groups in total. The summed E-state index contributed by atoms with van der Waals surface area (Å²) in [5.41, 5.74) is -0.322. The first-order valence-corrected chi connectivity index (χ1v) is 6.83. The van der Waals surface area contributed by atoms with Gasteiger partial charge in [0.1, 0.15) is 16.5 Å². The van der Waals surface area contributed by atoms with Crippen molar-refractivity contribution >= 4 is 21.8 Å². The molecule has 0 saturated heterocycles. The van der Waals surface area contributed by atoms with Crippen LogP contribution in [0.3, 0.4) is 0 Å². The number of aromatic carboxylic acids is 1. The maximum atomic E-state index is 13.6. The molecule has 2 rings (SSSR count). The molecule has 7 nitrogen and oxygen atoms in total. The van der Waals surface area contributed by atoms with Crippen LogP contribution in [0.1, 0.15) is 10.4 Å². The van der Waals surface area contributed by atoms with Crippen LogP contribution >= 0.6 is 0 Å². The summed E-state index contributed by atoms with van der Waals surface area (Å²) in [4.78, 5) is 10.1. The Kier molecular flexibility index (Phi) is 3.45. The number of carboxylic acid groups (broad SMARTS) is 1. The van der Waals surface area contributed by atoms with E-state index < -0.39 is 26.7 Å². The zero-order valence-corrected chi connectivity index (χ0v) is 11.1. The lowest BCUT2D eigenvalue weighted by Gasteiger charge is -2.09. The summed E-state index contributed by atoms with van der Waals surface area (Å²) in [7, 11) is -2.74. The Morgan fingerprint density at radius 2 is 2.10 bits per heavy atom. The topological polar surface area (TPSA) is 101 Å². The van der Waals surface area contributed by atoms with Gasteiger partial charge in [0.25, 0.3) is 10.0 Å². The van der Waals surface area contributed by atoms with Gasteiger partial charge in [0.2, 0.25) is 0 Å². The minimum atomic E-state index is -4.24. The maximum absolute atomic E-state index is 13.6. The Bertz CT molecular complexity index is 770. The molecule has 0 bridgehead atoms. The Morgan fingerprint density at radius 1 is 1.40 bits per heavy atom. The number of nitrogens with zero attached hydrogens (tertiary/aromatic N) is 2. The van der Waals surface area contributed by atoms with E-state index in [-0.39, 0.29) is 11.4 Å². The molecule has 0 aliphatic rings. The van der Waals surface area contributed by atoms with Crippen molar-refractivity contribution in [2.45, 2.75) is 4.90 Å². The fourth-order valence-corrected chi connectivity index (χ4v) is 2.70. The van der Waals surface area contributed by atoms with E-state index in [1.165, 1.54) is 24.0 Å². The summed E-state index contributed by atoms with van der Waals surface area (Å²) in [6.45, 7) is 0. The second-order valence-corrected chi connectivity index (χ2v) is 5.55. The highest BCUT2D eigenvalue weighted by molar-refractivity contribution is 7.92. The molecule has 0 amide bonds. The van der Waals surface area contributed by atoms with Crippen LogP contribution in [-0.4, -0.2) is 29.3 Å². The smallest absolute Gasteiger partial charge is 0.335 e. The van der Waals surface area contributed by atoms with Crippen molar-refractivity contribution in [2.24, 2.45) is 7.05 Å². The highest BCUT2D eigenvalue weighted by atomic mass is 32.2. The molecule has 2 aromatic rings. The molecule has 9 heteroatoms.